The summed E-state index contributed by atoms with van der Waals surface area (Å²) >= 11 is 0. The number of anilines is 1. The number of rotatable bonds is 5. The summed E-state index contributed by atoms with van der Waals surface area (Å²) < 4.78 is 26.9. The summed E-state index contributed by atoms with van der Waals surface area (Å²) in [6, 6.07) is 3.35. The second-order valence-corrected chi connectivity index (χ2v) is 7.22. The van der Waals surface area contributed by atoms with E-state index in [1.54, 1.807) is 12.1 Å². The molecule has 0 saturated carbocycles. The summed E-state index contributed by atoms with van der Waals surface area (Å²) in [5, 5.41) is 0. The average Bonchev–Trinajstić information content (AvgIpc) is 2.30. The highest BCUT2D eigenvalue weighted by molar-refractivity contribution is 7.89. The first-order valence-electron chi connectivity index (χ1n) is 6.57. The second-order valence-electron chi connectivity index (χ2n) is 5.31. The van der Waals surface area contributed by atoms with Crippen molar-refractivity contribution in [2.45, 2.75) is 39.5 Å². The Labute approximate surface area is 116 Å². The molecule has 1 aromatic carbocycles. The Morgan fingerprint density at radius 2 is 1.84 bits per heavy atom. The first kappa shape index (κ1) is 16.0. The highest BCUT2D eigenvalue weighted by Crippen LogP contribution is 2.25. The van der Waals surface area contributed by atoms with E-state index in [2.05, 4.69) is 0 Å². The van der Waals surface area contributed by atoms with Gasteiger partial charge in [0.15, 0.2) is 0 Å². The van der Waals surface area contributed by atoms with Crippen molar-refractivity contribution in [2.75, 3.05) is 18.8 Å². The van der Waals surface area contributed by atoms with Gasteiger partial charge < -0.3 is 5.73 Å². The molecule has 108 valence electrons. The van der Waals surface area contributed by atoms with Gasteiger partial charge in [0.05, 0.1) is 4.90 Å². The van der Waals surface area contributed by atoms with Gasteiger partial charge in [-0.1, -0.05) is 20.8 Å². The summed E-state index contributed by atoms with van der Waals surface area (Å²) in [6.07, 6.45) is 0. The molecule has 0 amide bonds. The predicted molar refractivity (Wildman–Crippen MR) is 79.6 cm³/mol. The minimum absolute atomic E-state index is 0.289. The van der Waals surface area contributed by atoms with Gasteiger partial charge in [0, 0.05) is 18.8 Å². The van der Waals surface area contributed by atoms with E-state index >= 15 is 0 Å². The van der Waals surface area contributed by atoms with Crippen molar-refractivity contribution in [1.29, 1.82) is 0 Å². The molecular formula is C14H24N2O2S. The lowest BCUT2D eigenvalue weighted by Crippen LogP contribution is -2.34. The molecule has 0 aromatic heterocycles. The fourth-order valence-corrected chi connectivity index (χ4v) is 4.01. The minimum atomic E-state index is -3.47. The molecule has 5 heteroatoms. The number of nitrogens with two attached hydrogens (primary N) is 1. The molecule has 2 N–H and O–H groups in total. The summed E-state index contributed by atoms with van der Waals surface area (Å²) in [5.41, 5.74) is 7.95. The quantitative estimate of drug-likeness (QED) is 0.845. The second kappa shape index (κ2) is 5.92. The highest BCUT2D eigenvalue weighted by Gasteiger charge is 2.26. The Morgan fingerprint density at radius 1 is 1.26 bits per heavy atom. The number of nitrogens with zero attached hydrogens (tertiary/aromatic N) is 1. The molecule has 0 spiro atoms. The van der Waals surface area contributed by atoms with Crippen LogP contribution < -0.4 is 5.73 Å². The molecule has 1 aromatic rings. The lowest BCUT2D eigenvalue weighted by Gasteiger charge is -2.24. The number of hydrogen-bond acceptors (Lipinski definition) is 3. The van der Waals surface area contributed by atoms with Crippen molar-refractivity contribution >= 4 is 15.7 Å². The zero-order chi connectivity index (χ0) is 14.8. The van der Waals surface area contributed by atoms with E-state index in [4.69, 9.17) is 5.73 Å². The Morgan fingerprint density at radius 3 is 2.32 bits per heavy atom. The van der Waals surface area contributed by atoms with Gasteiger partial charge in [0.25, 0.3) is 0 Å². The zero-order valence-corrected chi connectivity index (χ0v) is 13.2. The van der Waals surface area contributed by atoms with Crippen molar-refractivity contribution in [1.82, 2.24) is 4.31 Å². The smallest absolute Gasteiger partial charge is 0.243 e. The summed E-state index contributed by atoms with van der Waals surface area (Å²) in [5.74, 6) is 0.289. The Kier molecular flexibility index (Phi) is 4.98. The fraction of sp³-hybridized carbons (Fsp3) is 0.571. The third kappa shape index (κ3) is 3.48. The normalized spacial score (nSPS) is 12.4. The third-order valence-electron chi connectivity index (χ3n) is 3.18. The molecule has 0 aliphatic rings. The SMILES string of the molecule is CCN(CC(C)C)S(=O)(=O)c1cc(N)cc(C)c1C. The fourth-order valence-electron chi connectivity index (χ4n) is 2.07. The van der Waals surface area contributed by atoms with Crippen LogP contribution in [0.5, 0.6) is 0 Å². The predicted octanol–water partition coefficient (Wildman–Crippen LogP) is 2.55. The molecule has 0 radical (unpaired) electrons. The first-order valence-corrected chi connectivity index (χ1v) is 8.01. The van der Waals surface area contributed by atoms with Crippen molar-refractivity contribution < 1.29 is 8.42 Å². The molecule has 0 fully saturated rings. The van der Waals surface area contributed by atoms with E-state index in [9.17, 15) is 8.42 Å². The van der Waals surface area contributed by atoms with Crippen LogP contribution in [0.15, 0.2) is 17.0 Å². The molecule has 19 heavy (non-hydrogen) atoms. The van der Waals surface area contributed by atoms with Gasteiger partial charge in [-0.15, -0.1) is 0 Å². The van der Waals surface area contributed by atoms with Gasteiger partial charge in [0.1, 0.15) is 0 Å². The lowest BCUT2D eigenvalue weighted by atomic mass is 10.1. The van der Waals surface area contributed by atoms with Gasteiger partial charge in [-0.25, -0.2) is 8.42 Å². The average molecular weight is 284 g/mol. The molecular weight excluding hydrogens is 260 g/mol. The molecule has 1 rings (SSSR count). The van der Waals surface area contributed by atoms with E-state index in [1.165, 1.54) is 4.31 Å². The molecule has 0 heterocycles. The standard InChI is InChI=1S/C14H24N2O2S/c1-6-16(9-10(2)3)19(17,18)14-8-13(15)7-11(4)12(14)5/h7-8,10H,6,9,15H2,1-5H3. The van der Waals surface area contributed by atoms with Crippen LogP contribution in [0, 0.1) is 19.8 Å². The Balaban J connectivity index is 3.33. The maximum Gasteiger partial charge on any atom is 0.243 e. The summed E-state index contributed by atoms with van der Waals surface area (Å²) in [6.45, 7) is 10.6. The number of sulfonamides is 1. The first-order chi connectivity index (χ1) is 8.70. The van der Waals surface area contributed by atoms with Crippen LogP contribution in [0.1, 0.15) is 31.9 Å². The third-order valence-corrected chi connectivity index (χ3v) is 5.25. The molecule has 0 bridgehead atoms. The van der Waals surface area contributed by atoms with Crippen LogP contribution in [0.3, 0.4) is 0 Å². The maximum absolute atomic E-state index is 12.7. The number of nitrogen functional groups attached to an aromatic ring is 1. The van der Waals surface area contributed by atoms with Gasteiger partial charge in [-0.3, -0.25) is 0 Å². The lowest BCUT2D eigenvalue weighted by molar-refractivity contribution is 0.380. The van der Waals surface area contributed by atoms with Crippen LogP contribution in [0.25, 0.3) is 0 Å². The molecule has 0 saturated heterocycles. The van der Waals surface area contributed by atoms with E-state index in [0.29, 0.717) is 23.7 Å². The van der Waals surface area contributed by atoms with Crippen LogP contribution >= 0.6 is 0 Å². The number of hydrogen-bond donors (Lipinski definition) is 1. The zero-order valence-electron chi connectivity index (χ0n) is 12.4. The summed E-state index contributed by atoms with van der Waals surface area (Å²) in [7, 11) is -3.47. The topological polar surface area (TPSA) is 63.4 Å². The van der Waals surface area contributed by atoms with Crippen LogP contribution in [-0.4, -0.2) is 25.8 Å². The van der Waals surface area contributed by atoms with Gasteiger partial charge >= 0.3 is 0 Å². The van der Waals surface area contributed by atoms with Gasteiger partial charge in [-0.05, 0) is 43.0 Å². The minimum Gasteiger partial charge on any atom is -0.399 e. The number of aryl methyl sites for hydroxylation is 1. The monoisotopic (exact) mass is 284 g/mol. The largest absolute Gasteiger partial charge is 0.399 e. The van der Waals surface area contributed by atoms with Crippen molar-refractivity contribution in [2.24, 2.45) is 5.92 Å². The van der Waals surface area contributed by atoms with Crippen LogP contribution in [0.2, 0.25) is 0 Å². The molecule has 4 nitrogen and oxygen atoms in total. The van der Waals surface area contributed by atoms with E-state index in [1.807, 2.05) is 34.6 Å². The molecule has 0 aliphatic heterocycles. The van der Waals surface area contributed by atoms with Gasteiger partial charge in [0.2, 0.25) is 10.0 Å². The van der Waals surface area contributed by atoms with Gasteiger partial charge in [-0.2, -0.15) is 4.31 Å². The van der Waals surface area contributed by atoms with E-state index in [-0.39, 0.29) is 5.92 Å². The van der Waals surface area contributed by atoms with E-state index < -0.39 is 10.0 Å². The van der Waals surface area contributed by atoms with Crippen molar-refractivity contribution in [3.63, 3.8) is 0 Å². The molecule has 0 aliphatic carbocycles. The Hall–Kier alpha value is -1.07. The van der Waals surface area contributed by atoms with E-state index in [0.717, 1.165) is 11.1 Å². The van der Waals surface area contributed by atoms with Crippen LogP contribution in [-0.2, 0) is 10.0 Å². The van der Waals surface area contributed by atoms with Crippen LogP contribution in [0.4, 0.5) is 5.69 Å². The van der Waals surface area contributed by atoms with Crippen molar-refractivity contribution in [3.05, 3.63) is 23.3 Å². The summed E-state index contributed by atoms with van der Waals surface area (Å²) in [4.78, 5) is 0.326. The highest BCUT2D eigenvalue weighted by atomic mass is 32.2. The molecule has 0 unspecified atom stereocenters. The Bertz CT molecular complexity index is 551. The maximum atomic E-state index is 12.7. The molecule has 0 atom stereocenters. The van der Waals surface area contributed by atoms with Crippen molar-refractivity contribution in [3.8, 4) is 0 Å². The number of benzene rings is 1.